The quantitative estimate of drug-likeness (QED) is 0.160. The highest BCUT2D eigenvalue weighted by molar-refractivity contribution is 7.25. The molecule has 0 saturated carbocycles. The van der Waals surface area contributed by atoms with Gasteiger partial charge in [0.1, 0.15) is 5.75 Å². The highest BCUT2D eigenvalue weighted by Gasteiger charge is 2.22. The molecule has 0 aliphatic carbocycles. The molecule has 1 atom stereocenters. The van der Waals surface area contributed by atoms with Gasteiger partial charge in [-0.1, -0.05) is 157 Å². The van der Waals surface area contributed by atoms with E-state index in [1.165, 1.54) is 36.9 Å². The van der Waals surface area contributed by atoms with Crippen molar-refractivity contribution in [1.82, 2.24) is 0 Å². The lowest BCUT2D eigenvalue weighted by Crippen LogP contribution is -2.11. The number of thiophene rings is 1. The minimum absolute atomic E-state index is 0.375. The molecule has 0 spiro atoms. The predicted octanol–water partition coefficient (Wildman–Crippen LogP) is 15.3. The summed E-state index contributed by atoms with van der Waals surface area (Å²) in [6, 6.07) is 69.7. The van der Waals surface area contributed by atoms with Crippen molar-refractivity contribution in [3.8, 4) is 28.0 Å². The van der Waals surface area contributed by atoms with Gasteiger partial charge in [0.15, 0.2) is 0 Å². The Morgan fingerprint density at radius 2 is 1.09 bits per heavy atom. The van der Waals surface area contributed by atoms with Crippen LogP contribution in [0.5, 0.6) is 5.75 Å². The second kappa shape index (κ2) is 12.9. The fourth-order valence-electron chi connectivity index (χ4n) is 8.24. The molecule has 9 aromatic carbocycles. The lowest BCUT2D eigenvalue weighted by atomic mass is 9.93. The molecule has 0 fully saturated rings. The Labute approximate surface area is 323 Å². The van der Waals surface area contributed by atoms with Gasteiger partial charge in [0, 0.05) is 42.5 Å². The number of hydrogen-bond acceptors (Lipinski definition) is 3. The Kier molecular flexibility index (Phi) is 7.42. The summed E-state index contributed by atoms with van der Waals surface area (Å²) in [6.07, 6.45) is -0.375. The summed E-state index contributed by atoms with van der Waals surface area (Å²) in [5.41, 5.74) is 9.92. The van der Waals surface area contributed by atoms with E-state index >= 15 is 0 Å². The molecule has 0 amide bonds. The number of hydrogen-bond donors (Lipinski definition) is 0. The smallest absolute Gasteiger partial charge is 0.111 e. The van der Waals surface area contributed by atoms with Crippen LogP contribution in [0, 0.1) is 0 Å². The number of ether oxygens (including phenoxy) is 1. The summed E-state index contributed by atoms with van der Waals surface area (Å²) in [6.45, 7) is 0. The number of benzene rings is 9. The van der Waals surface area contributed by atoms with E-state index in [1.54, 1.807) is 0 Å². The molecular formula is C51H33N2OS-. The molecular weight excluding hydrogens is 689 g/mol. The van der Waals surface area contributed by atoms with Crippen molar-refractivity contribution in [3.63, 3.8) is 0 Å². The van der Waals surface area contributed by atoms with Gasteiger partial charge >= 0.3 is 0 Å². The molecule has 4 heteroatoms. The van der Waals surface area contributed by atoms with E-state index in [9.17, 15) is 0 Å². The molecule has 3 nitrogen and oxygen atoms in total. The van der Waals surface area contributed by atoms with E-state index < -0.39 is 0 Å². The third kappa shape index (κ3) is 5.33. The van der Waals surface area contributed by atoms with Crippen molar-refractivity contribution < 1.29 is 4.74 Å². The normalized spacial score (nSPS) is 13.6. The molecule has 0 N–H and O–H groups in total. The number of rotatable bonds is 6. The third-order valence-electron chi connectivity index (χ3n) is 10.8. The van der Waals surface area contributed by atoms with Gasteiger partial charge in [-0.3, -0.25) is 0 Å². The van der Waals surface area contributed by atoms with Crippen molar-refractivity contribution in [3.05, 3.63) is 205 Å². The minimum Gasteiger partial charge on any atom is -0.643 e. The maximum absolute atomic E-state index is 6.72. The maximum Gasteiger partial charge on any atom is 0.111 e. The first-order valence-corrected chi connectivity index (χ1v) is 19.5. The van der Waals surface area contributed by atoms with Crippen LogP contribution in [0.4, 0.5) is 22.7 Å². The van der Waals surface area contributed by atoms with Crippen molar-refractivity contribution in [1.29, 1.82) is 0 Å². The number of nitrogens with zero attached hydrogens (tertiary/aromatic N) is 2. The first kappa shape index (κ1) is 31.6. The molecule has 55 heavy (non-hydrogen) atoms. The van der Waals surface area contributed by atoms with Crippen molar-refractivity contribution in [2.24, 2.45) is 0 Å². The van der Waals surface area contributed by atoms with Gasteiger partial charge in [-0.05, 0) is 80.9 Å². The van der Waals surface area contributed by atoms with Crippen LogP contribution < -0.4 is 9.64 Å². The zero-order chi connectivity index (χ0) is 36.3. The molecule has 2 heterocycles. The zero-order valence-electron chi connectivity index (χ0n) is 29.8. The highest BCUT2D eigenvalue weighted by atomic mass is 32.1. The summed E-state index contributed by atoms with van der Waals surface area (Å²) < 4.78 is 9.29. The Hall–Kier alpha value is -6.88. The van der Waals surface area contributed by atoms with Crippen molar-refractivity contribution in [2.75, 3.05) is 4.90 Å². The third-order valence-corrected chi connectivity index (χ3v) is 12.0. The lowest BCUT2D eigenvalue weighted by molar-refractivity contribution is 0.273. The summed E-state index contributed by atoms with van der Waals surface area (Å²) in [7, 11) is 0. The second-order valence-corrected chi connectivity index (χ2v) is 15.1. The fraction of sp³-hybridized carbons (Fsp3) is 0.0196. The van der Waals surface area contributed by atoms with Gasteiger partial charge in [-0.25, -0.2) is 0 Å². The lowest BCUT2D eigenvalue weighted by Gasteiger charge is -2.29. The monoisotopic (exact) mass is 721 g/mol. The average Bonchev–Trinajstić information content (AvgIpc) is 3.86. The van der Waals surface area contributed by atoms with Crippen LogP contribution in [-0.4, -0.2) is 0 Å². The van der Waals surface area contributed by atoms with E-state index in [1.807, 2.05) is 29.5 Å². The zero-order valence-corrected chi connectivity index (χ0v) is 30.6. The number of anilines is 3. The Morgan fingerprint density at radius 3 is 1.95 bits per heavy atom. The van der Waals surface area contributed by atoms with Crippen molar-refractivity contribution >= 4 is 75.8 Å². The van der Waals surface area contributed by atoms with E-state index in [-0.39, 0.29) is 6.23 Å². The standard InChI is InChI=1S/C51H33N2OS/c1-3-13-33(14-4-1)39-17-7-8-18-40(39)41-19-9-11-21-46(41)53(38-28-30-48-44(32-38)42-20-10-12-22-47(42)55-48)37-27-25-34-23-24-35-26-29-45-50(49(35)43(34)31-37)54-51(52-45)36-15-5-2-6-16-36/h1-32,51H/q-1. The molecule has 0 radical (unpaired) electrons. The minimum atomic E-state index is -0.375. The first-order chi connectivity index (χ1) is 27.3. The first-order valence-electron chi connectivity index (χ1n) is 18.6. The van der Waals surface area contributed by atoms with E-state index in [0.717, 1.165) is 61.2 Å². The molecule has 260 valence electrons. The average molecular weight is 722 g/mol. The summed E-state index contributed by atoms with van der Waals surface area (Å²) >= 11 is 1.85. The fourth-order valence-corrected chi connectivity index (χ4v) is 9.32. The van der Waals surface area contributed by atoms with Crippen LogP contribution in [0.15, 0.2) is 194 Å². The van der Waals surface area contributed by atoms with Gasteiger partial charge in [0.25, 0.3) is 0 Å². The van der Waals surface area contributed by atoms with Crippen LogP contribution in [0.2, 0.25) is 0 Å². The largest absolute Gasteiger partial charge is 0.643 e. The molecule has 1 aliphatic rings. The van der Waals surface area contributed by atoms with Gasteiger partial charge in [-0.15, -0.1) is 11.3 Å². The molecule has 11 rings (SSSR count). The Bertz CT molecular complexity index is 3060. The van der Waals surface area contributed by atoms with Crippen LogP contribution in [-0.2, 0) is 0 Å². The van der Waals surface area contributed by atoms with Crippen LogP contribution in [0.3, 0.4) is 0 Å². The van der Waals surface area contributed by atoms with Gasteiger partial charge in [0.2, 0.25) is 0 Å². The molecule has 1 aliphatic heterocycles. The number of fused-ring (bicyclic) bond motifs is 8. The van der Waals surface area contributed by atoms with E-state index in [0.29, 0.717) is 0 Å². The van der Waals surface area contributed by atoms with Gasteiger partial charge in [0.05, 0.1) is 11.9 Å². The maximum atomic E-state index is 6.72. The predicted molar refractivity (Wildman–Crippen MR) is 233 cm³/mol. The molecule has 0 saturated heterocycles. The van der Waals surface area contributed by atoms with Crippen LogP contribution in [0.25, 0.3) is 69.3 Å². The topological polar surface area (TPSA) is 26.6 Å². The highest BCUT2D eigenvalue weighted by Crippen LogP contribution is 2.53. The van der Waals surface area contributed by atoms with Gasteiger partial charge in [-0.2, -0.15) is 0 Å². The van der Waals surface area contributed by atoms with Crippen LogP contribution in [0.1, 0.15) is 11.8 Å². The summed E-state index contributed by atoms with van der Waals surface area (Å²) in [5.74, 6) is 0.837. The molecule has 1 aromatic heterocycles. The SMILES string of the molecule is c1ccc(-c2ccccc2-c2ccccc2N(c2ccc3sc4ccccc4c3c2)c2ccc3ccc4ccc5c(c4c3c2)OC(c2ccccc2)[N-]5)cc1. The Morgan fingerprint density at radius 1 is 0.473 bits per heavy atom. The summed E-state index contributed by atoms with van der Waals surface area (Å²) in [4.78, 5) is 2.43. The van der Waals surface area contributed by atoms with E-state index in [4.69, 9.17) is 10.1 Å². The van der Waals surface area contributed by atoms with Crippen molar-refractivity contribution in [2.45, 2.75) is 6.23 Å². The molecule has 10 aromatic rings. The molecule has 0 bridgehead atoms. The Balaban J connectivity index is 1.15. The second-order valence-electron chi connectivity index (χ2n) is 14.0. The van der Waals surface area contributed by atoms with Gasteiger partial charge < -0.3 is 15.0 Å². The van der Waals surface area contributed by atoms with E-state index in [2.05, 4.69) is 181 Å². The summed E-state index contributed by atoms with van der Waals surface area (Å²) in [5, 5.41) is 12.1. The number of para-hydroxylation sites is 1. The molecule has 1 unspecified atom stereocenters. The van der Waals surface area contributed by atoms with Crippen LogP contribution >= 0.6 is 11.3 Å².